The molecule has 0 aliphatic carbocycles. The summed E-state index contributed by atoms with van der Waals surface area (Å²) in [5.41, 5.74) is 6.65. The van der Waals surface area contributed by atoms with Crippen LogP contribution >= 0.6 is 0 Å². The molecule has 2 aromatic carbocycles. The number of nitrogen functional groups attached to an aromatic ring is 1. The maximum Gasteiger partial charge on any atom is 0.416 e. The van der Waals surface area contributed by atoms with Gasteiger partial charge in [-0.25, -0.2) is 15.0 Å². The van der Waals surface area contributed by atoms with Crippen molar-refractivity contribution in [1.29, 1.82) is 0 Å². The summed E-state index contributed by atoms with van der Waals surface area (Å²) in [7, 11) is 3.51. The Bertz CT molecular complexity index is 1560. The van der Waals surface area contributed by atoms with Crippen LogP contribution in [-0.4, -0.2) is 71.1 Å². The number of benzene rings is 2. The van der Waals surface area contributed by atoms with Gasteiger partial charge in [-0.2, -0.15) is 18.2 Å². The molecule has 0 spiro atoms. The lowest BCUT2D eigenvalue weighted by Crippen LogP contribution is -2.45. The van der Waals surface area contributed by atoms with Crippen molar-refractivity contribution in [2.75, 3.05) is 61.6 Å². The molecule has 40 heavy (non-hydrogen) atoms. The van der Waals surface area contributed by atoms with Gasteiger partial charge < -0.3 is 30.9 Å². The fourth-order valence-electron chi connectivity index (χ4n) is 4.25. The fourth-order valence-corrected chi connectivity index (χ4v) is 4.25. The molecule has 0 bridgehead atoms. The molecule has 1 saturated heterocycles. The van der Waals surface area contributed by atoms with E-state index >= 15 is 0 Å². The number of ether oxygens (including phenoxy) is 1. The fraction of sp³-hybridized carbons (Fsp3) is 0.269. The molecule has 0 saturated carbocycles. The van der Waals surface area contributed by atoms with Gasteiger partial charge in [0.25, 0.3) is 5.91 Å². The highest BCUT2D eigenvalue weighted by atomic mass is 19.4. The number of nitrogens with two attached hydrogens (primary N) is 1. The first-order valence-electron chi connectivity index (χ1n) is 12.3. The van der Waals surface area contributed by atoms with Crippen molar-refractivity contribution in [3.63, 3.8) is 0 Å². The molecule has 0 radical (unpaired) electrons. The molecule has 3 heterocycles. The summed E-state index contributed by atoms with van der Waals surface area (Å²) in [4.78, 5) is 34.9. The number of fused-ring (bicyclic) bond motifs is 1. The molecule has 1 amide bonds. The zero-order chi connectivity index (χ0) is 28.4. The molecule has 2 aromatic heterocycles. The minimum absolute atomic E-state index is 0.00978. The Kier molecular flexibility index (Phi) is 7.26. The number of nitrogens with one attached hydrogen (secondary N) is 2. The zero-order valence-electron chi connectivity index (χ0n) is 21.7. The quantitative estimate of drug-likeness (QED) is 0.324. The van der Waals surface area contributed by atoms with Crippen LogP contribution in [0.4, 0.5) is 42.1 Å². The molecule has 0 atom stereocenters. The number of aromatic nitrogens is 4. The van der Waals surface area contributed by atoms with Crippen LogP contribution in [0.3, 0.4) is 0 Å². The number of carbonyl (C=O) groups excluding carboxylic acids is 1. The van der Waals surface area contributed by atoms with Crippen LogP contribution in [0.15, 0.2) is 48.8 Å². The van der Waals surface area contributed by atoms with Gasteiger partial charge in [0, 0.05) is 37.4 Å². The number of nitrogens with zero attached hydrogens (tertiary/aromatic N) is 6. The number of carbonyl (C=O) groups is 1. The van der Waals surface area contributed by atoms with Crippen molar-refractivity contribution >= 4 is 45.9 Å². The lowest BCUT2D eigenvalue weighted by atomic mass is 10.1. The Balaban J connectivity index is 1.45. The van der Waals surface area contributed by atoms with Crippen molar-refractivity contribution in [2.45, 2.75) is 6.18 Å². The SMILES string of the molecule is COc1ccc(C(=O)Nc2cccc(C(F)(F)F)c2)cc1Nc1ncnc2c(N)nc(N3CCN(C)CC3)nc12. The molecule has 5 rings (SSSR count). The molecule has 1 fully saturated rings. The Labute approximate surface area is 227 Å². The number of hydrogen-bond donors (Lipinski definition) is 3. The van der Waals surface area contributed by atoms with Gasteiger partial charge in [0.05, 0.1) is 18.4 Å². The number of piperazine rings is 1. The van der Waals surface area contributed by atoms with Crippen molar-refractivity contribution in [3.05, 3.63) is 59.9 Å². The molecule has 208 valence electrons. The van der Waals surface area contributed by atoms with Gasteiger partial charge in [0.2, 0.25) is 5.95 Å². The second-order valence-corrected chi connectivity index (χ2v) is 9.19. The normalized spacial score (nSPS) is 14.3. The molecular weight excluding hydrogens is 527 g/mol. The molecule has 4 N–H and O–H groups in total. The number of methoxy groups -OCH3 is 1. The van der Waals surface area contributed by atoms with Gasteiger partial charge in [0.1, 0.15) is 23.1 Å². The summed E-state index contributed by atoms with van der Waals surface area (Å²) in [5, 5.41) is 5.65. The maximum atomic E-state index is 13.1. The van der Waals surface area contributed by atoms with Crippen LogP contribution in [0.25, 0.3) is 11.0 Å². The van der Waals surface area contributed by atoms with Crippen LogP contribution < -0.4 is 26.0 Å². The van der Waals surface area contributed by atoms with Gasteiger partial charge in [-0.1, -0.05) is 6.07 Å². The molecule has 4 aromatic rings. The second-order valence-electron chi connectivity index (χ2n) is 9.19. The second kappa shape index (κ2) is 10.8. The van der Waals surface area contributed by atoms with Crippen LogP contribution in [-0.2, 0) is 6.18 Å². The van der Waals surface area contributed by atoms with E-state index in [1.165, 1.54) is 37.7 Å². The molecule has 11 nitrogen and oxygen atoms in total. The van der Waals surface area contributed by atoms with E-state index in [-0.39, 0.29) is 17.1 Å². The number of hydrogen-bond acceptors (Lipinski definition) is 10. The highest BCUT2D eigenvalue weighted by molar-refractivity contribution is 6.05. The number of rotatable bonds is 6. The predicted molar refractivity (Wildman–Crippen MR) is 145 cm³/mol. The third-order valence-electron chi connectivity index (χ3n) is 6.45. The number of likely N-dealkylation sites (N-methyl/N-ethyl adjacent to an activating group) is 1. The number of anilines is 5. The molecular formula is C26H26F3N9O2. The Morgan fingerprint density at radius 1 is 1.02 bits per heavy atom. The van der Waals surface area contributed by atoms with Crippen molar-refractivity contribution in [1.82, 2.24) is 24.8 Å². The number of amides is 1. The lowest BCUT2D eigenvalue weighted by molar-refractivity contribution is -0.137. The maximum absolute atomic E-state index is 13.1. The van der Waals surface area contributed by atoms with Gasteiger partial charge in [-0.15, -0.1) is 0 Å². The monoisotopic (exact) mass is 553 g/mol. The largest absolute Gasteiger partial charge is 0.495 e. The van der Waals surface area contributed by atoms with Crippen LogP contribution in [0.1, 0.15) is 15.9 Å². The number of halogens is 3. The van der Waals surface area contributed by atoms with Crippen LogP contribution in [0, 0.1) is 0 Å². The Morgan fingerprint density at radius 2 is 1.80 bits per heavy atom. The third-order valence-corrected chi connectivity index (χ3v) is 6.45. The van der Waals surface area contributed by atoms with Crippen LogP contribution in [0.5, 0.6) is 5.75 Å². The summed E-state index contributed by atoms with van der Waals surface area (Å²) in [6.45, 7) is 3.16. The zero-order valence-corrected chi connectivity index (χ0v) is 21.7. The molecule has 0 unspecified atom stereocenters. The minimum Gasteiger partial charge on any atom is -0.495 e. The first kappa shape index (κ1) is 26.9. The van der Waals surface area contributed by atoms with Gasteiger partial charge in [-0.3, -0.25) is 4.79 Å². The van der Waals surface area contributed by atoms with Crippen molar-refractivity contribution in [3.8, 4) is 5.75 Å². The topological polar surface area (TPSA) is 134 Å². The van der Waals surface area contributed by atoms with E-state index in [4.69, 9.17) is 15.5 Å². The minimum atomic E-state index is -4.53. The van der Waals surface area contributed by atoms with E-state index < -0.39 is 17.6 Å². The smallest absolute Gasteiger partial charge is 0.416 e. The summed E-state index contributed by atoms with van der Waals surface area (Å²) >= 11 is 0. The highest BCUT2D eigenvalue weighted by Crippen LogP contribution is 2.33. The summed E-state index contributed by atoms with van der Waals surface area (Å²) in [5.74, 6) is 0.746. The van der Waals surface area contributed by atoms with Crippen LogP contribution in [0.2, 0.25) is 0 Å². The highest BCUT2D eigenvalue weighted by Gasteiger charge is 2.30. The Morgan fingerprint density at radius 3 is 2.52 bits per heavy atom. The standard InChI is InChI=1S/C26H26F3N9O2/c1-37-8-10-38(11-9-37)25-35-21-20(22(30)36-25)31-14-32-23(21)34-18-12-15(6-7-19(18)40-2)24(39)33-17-5-3-4-16(13-17)26(27,28)29/h3-7,12-14H,8-11H2,1-2H3,(H,33,39)(H2,30,35,36)(H,31,32,34). The number of alkyl halides is 3. The average molecular weight is 554 g/mol. The predicted octanol–water partition coefficient (Wildman–Crippen LogP) is 3.78. The van der Waals surface area contributed by atoms with E-state index in [9.17, 15) is 18.0 Å². The van der Waals surface area contributed by atoms with E-state index in [0.29, 0.717) is 34.2 Å². The Hall–Kier alpha value is -4.72. The summed E-state index contributed by atoms with van der Waals surface area (Å²) < 4.78 is 44.7. The first-order valence-corrected chi connectivity index (χ1v) is 12.3. The van der Waals surface area contributed by atoms with Crippen molar-refractivity contribution in [2.24, 2.45) is 0 Å². The molecule has 1 aliphatic heterocycles. The van der Waals surface area contributed by atoms with E-state index in [2.05, 4.69) is 30.5 Å². The van der Waals surface area contributed by atoms with E-state index in [1.807, 2.05) is 11.9 Å². The molecule has 1 aliphatic rings. The first-order chi connectivity index (χ1) is 19.1. The van der Waals surface area contributed by atoms with Gasteiger partial charge in [-0.05, 0) is 43.4 Å². The summed E-state index contributed by atoms with van der Waals surface area (Å²) in [6, 6.07) is 8.97. The summed E-state index contributed by atoms with van der Waals surface area (Å²) in [6.07, 6.45) is -3.22. The van der Waals surface area contributed by atoms with Gasteiger partial charge in [0.15, 0.2) is 11.6 Å². The average Bonchev–Trinajstić information content (AvgIpc) is 2.93. The van der Waals surface area contributed by atoms with Gasteiger partial charge >= 0.3 is 6.18 Å². The third kappa shape index (κ3) is 5.66. The van der Waals surface area contributed by atoms with E-state index in [1.54, 1.807) is 6.07 Å². The lowest BCUT2D eigenvalue weighted by Gasteiger charge is -2.32. The van der Waals surface area contributed by atoms with Crippen molar-refractivity contribution < 1.29 is 22.7 Å². The van der Waals surface area contributed by atoms with E-state index in [0.717, 1.165) is 38.3 Å². The molecule has 14 heteroatoms.